The minimum absolute atomic E-state index is 0.290. The number of carbonyl (C=O) groups excluding carboxylic acids is 1. The molecular weight excluding hydrogens is 180 g/mol. The lowest BCUT2D eigenvalue weighted by Gasteiger charge is -2.38. The van der Waals surface area contributed by atoms with Crippen LogP contribution in [0.1, 0.15) is 35.4 Å². The minimum atomic E-state index is -0.290. The van der Waals surface area contributed by atoms with Gasteiger partial charge in [0, 0.05) is 19.5 Å². The van der Waals surface area contributed by atoms with Crippen LogP contribution in [0.4, 0.5) is 0 Å². The van der Waals surface area contributed by atoms with Crippen molar-refractivity contribution < 1.29 is 9.53 Å². The van der Waals surface area contributed by atoms with Gasteiger partial charge in [-0.1, -0.05) is 0 Å². The average Bonchev–Trinajstić information content (AvgIpc) is 2.18. The zero-order chi connectivity index (χ0) is 10.0. The first-order valence-electron chi connectivity index (χ1n) is 4.63. The molecule has 1 aromatic rings. The Balaban J connectivity index is 2.27. The molecule has 1 aliphatic rings. The first kappa shape index (κ1) is 9.27. The number of rotatable bonds is 3. The summed E-state index contributed by atoms with van der Waals surface area (Å²) < 4.78 is 5.42. The maximum absolute atomic E-state index is 10.4. The molecule has 1 aromatic heterocycles. The second-order valence-corrected chi connectivity index (χ2v) is 3.51. The number of aromatic nitrogens is 2. The van der Waals surface area contributed by atoms with Crippen molar-refractivity contribution in [2.24, 2.45) is 0 Å². The molecule has 4 nitrogen and oxygen atoms in total. The summed E-state index contributed by atoms with van der Waals surface area (Å²) in [6.07, 6.45) is 6.88. The van der Waals surface area contributed by atoms with Crippen molar-refractivity contribution in [1.29, 1.82) is 0 Å². The van der Waals surface area contributed by atoms with Crippen molar-refractivity contribution >= 4 is 6.29 Å². The summed E-state index contributed by atoms with van der Waals surface area (Å²) in [5.74, 6) is 0.692. The lowest BCUT2D eigenvalue weighted by Crippen LogP contribution is -2.37. The number of hydrogen-bond donors (Lipinski definition) is 0. The standard InChI is InChI=1S/C10H12N2O2/c1-14-10(3-2-4-10)9-11-5-8(7-13)6-12-9/h5-7H,2-4H2,1H3. The van der Waals surface area contributed by atoms with E-state index in [1.807, 2.05) is 0 Å². The highest BCUT2D eigenvalue weighted by Crippen LogP contribution is 2.42. The summed E-state index contributed by atoms with van der Waals surface area (Å²) in [7, 11) is 1.68. The molecule has 4 heteroatoms. The average molecular weight is 192 g/mol. The fourth-order valence-electron chi connectivity index (χ4n) is 1.65. The fourth-order valence-corrected chi connectivity index (χ4v) is 1.65. The predicted molar refractivity (Wildman–Crippen MR) is 50.0 cm³/mol. The van der Waals surface area contributed by atoms with Gasteiger partial charge >= 0.3 is 0 Å². The largest absolute Gasteiger partial charge is 0.370 e. The number of nitrogens with zero attached hydrogens (tertiary/aromatic N) is 2. The second-order valence-electron chi connectivity index (χ2n) is 3.51. The van der Waals surface area contributed by atoms with E-state index in [1.165, 1.54) is 12.4 Å². The molecule has 0 radical (unpaired) electrons. The number of methoxy groups -OCH3 is 1. The van der Waals surface area contributed by atoms with E-state index in [0.717, 1.165) is 25.5 Å². The zero-order valence-electron chi connectivity index (χ0n) is 8.06. The maximum Gasteiger partial charge on any atom is 0.160 e. The third-order valence-electron chi connectivity index (χ3n) is 2.77. The third-order valence-corrected chi connectivity index (χ3v) is 2.77. The van der Waals surface area contributed by atoms with Crippen LogP contribution in [0.2, 0.25) is 0 Å². The Morgan fingerprint density at radius 3 is 2.43 bits per heavy atom. The van der Waals surface area contributed by atoms with E-state index < -0.39 is 0 Å². The molecular formula is C10H12N2O2. The molecule has 0 unspecified atom stereocenters. The van der Waals surface area contributed by atoms with Crippen molar-refractivity contribution in [3.63, 3.8) is 0 Å². The van der Waals surface area contributed by atoms with Gasteiger partial charge in [0.15, 0.2) is 12.1 Å². The molecule has 0 spiro atoms. The molecule has 0 atom stereocenters. The van der Waals surface area contributed by atoms with Crippen LogP contribution < -0.4 is 0 Å². The van der Waals surface area contributed by atoms with E-state index in [-0.39, 0.29) is 5.60 Å². The SMILES string of the molecule is COC1(c2ncc(C=O)cn2)CCC1. The third kappa shape index (κ3) is 1.32. The molecule has 1 heterocycles. The first-order chi connectivity index (χ1) is 6.80. The van der Waals surface area contributed by atoms with Crippen LogP contribution in [0.25, 0.3) is 0 Å². The van der Waals surface area contributed by atoms with Crippen molar-refractivity contribution in [2.45, 2.75) is 24.9 Å². The van der Waals surface area contributed by atoms with Crippen LogP contribution in [0.3, 0.4) is 0 Å². The van der Waals surface area contributed by atoms with Gasteiger partial charge < -0.3 is 4.74 Å². The molecule has 0 bridgehead atoms. The summed E-state index contributed by atoms with van der Waals surface area (Å²) >= 11 is 0. The molecule has 0 amide bonds. The van der Waals surface area contributed by atoms with E-state index in [1.54, 1.807) is 7.11 Å². The van der Waals surface area contributed by atoms with Crippen molar-refractivity contribution in [1.82, 2.24) is 9.97 Å². The van der Waals surface area contributed by atoms with E-state index in [0.29, 0.717) is 11.4 Å². The highest BCUT2D eigenvalue weighted by atomic mass is 16.5. The first-order valence-corrected chi connectivity index (χ1v) is 4.63. The Labute approximate surface area is 82.3 Å². The minimum Gasteiger partial charge on any atom is -0.370 e. The van der Waals surface area contributed by atoms with Crippen LogP contribution in [-0.2, 0) is 10.3 Å². The van der Waals surface area contributed by atoms with Gasteiger partial charge in [-0.3, -0.25) is 4.79 Å². The van der Waals surface area contributed by atoms with Gasteiger partial charge in [-0.15, -0.1) is 0 Å². The molecule has 1 fully saturated rings. The lowest BCUT2D eigenvalue weighted by molar-refractivity contribution is -0.0846. The molecule has 74 valence electrons. The summed E-state index contributed by atoms with van der Waals surface area (Å²) in [4.78, 5) is 18.7. The van der Waals surface area contributed by atoms with Crippen molar-refractivity contribution in [3.05, 3.63) is 23.8 Å². The summed E-state index contributed by atoms with van der Waals surface area (Å²) in [6, 6.07) is 0. The Hall–Kier alpha value is -1.29. The van der Waals surface area contributed by atoms with Gasteiger partial charge in [-0.25, -0.2) is 9.97 Å². The number of carbonyl (C=O) groups is 1. The molecule has 0 aliphatic heterocycles. The quantitative estimate of drug-likeness (QED) is 0.677. The Morgan fingerprint density at radius 1 is 1.43 bits per heavy atom. The lowest BCUT2D eigenvalue weighted by atomic mass is 9.79. The van der Waals surface area contributed by atoms with E-state index in [2.05, 4.69) is 9.97 Å². The molecule has 1 aliphatic carbocycles. The van der Waals surface area contributed by atoms with Crippen LogP contribution >= 0.6 is 0 Å². The second kappa shape index (κ2) is 3.46. The molecule has 14 heavy (non-hydrogen) atoms. The summed E-state index contributed by atoms with van der Waals surface area (Å²) in [5, 5.41) is 0. The maximum atomic E-state index is 10.4. The molecule has 1 saturated carbocycles. The Morgan fingerprint density at radius 2 is 2.07 bits per heavy atom. The van der Waals surface area contributed by atoms with Crippen molar-refractivity contribution in [3.8, 4) is 0 Å². The topological polar surface area (TPSA) is 52.1 Å². The van der Waals surface area contributed by atoms with Crippen LogP contribution in [0.15, 0.2) is 12.4 Å². The van der Waals surface area contributed by atoms with Crippen molar-refractivity contribution in [2.75, 3.05) is 7.11 Å². The highest BCUT2D eigenvalue weighted by molar-refractivity contribution is 5.73. The number of aldehydes is 1. The normalized spacial score (nSPS) is 18.6. The number of hydrogen-bond acceptors (Lipinski definition) is 4. The smallest absolute Gasteiger partial charge is 0.160 e. The van der Waals surface area contributed by atoms with Crippen LogP contribution in [0.5, 0.6) is 0 Å². The number of ether oxygens (including phenoxy) is 1. The summed E-state index contributed by atoms with van der Waals surface area (Å²) in [5.41, 5.74) is 0.209. The fraction of sp³-hybridized carbons (Fsp3) is 0.500. The Kier molecular flexibility index (Phi) is 2.29. The van der Waals surface area contributed by atoms with Crippen LogP contribution in [0, 0.1) is 0 Å². The van der Waals surface area contributed by atoms with Gasteiger partial charge in [0.2, 0.25) is 0 Å². The van der Waals surface area contributed by atoms with Gasteiger partial charge in [0.1, 0.15) is 5.60 Å². The summed E-state index contributed by atoms with van der Waals surface area (Å²) in [6.45, 7) is 0. The predicted octanol–water partition coefficient (Wildman–Crippen LogP) is 1.31. The molecule has 0 saturated heterocycles. The molecule has 0 N–H and O–H groups in total. The van der Waals surface area contributed by atoms with E-state index in [9.17, 15) is 4.79 Å². The van der Waals surface area contributed by atoms with Crippen LogP contribution in [-0.4, -0.2) is 23.4 Å². The zero-order valence-corrected chi connectivity index (χ0v) is 8.06. The Bertz CT molecular complexity index is 325. The van der Waals surface area contributed by atoms with Gasteiger partial charge in [-0.2, -0.15) is 0 Å². The molecule has 2 rings (SSSR count). The van der Waals surface area contributed by atoms with Gasteiger partial charge in [0.25, 0.3) is 0 Å². The monoisotopic (exact) mass is 192 g/mol. The van der Waals surface area contributed by atoms with E-state index >= 15 is 0 Å². The van der Waals surface area contributed by atoms with E-state index in [4.69, 9.17) is 4.74 Å². The molecule has 0 aromatic carbocycles. The van der Waals surface area contributed by atoms with Gasteiger partial charge in [0.05, 0.1) is 5.56 Å². The highest BCUT2D eigenvalue weighted by Gasteiger charge is 2.41. The van der Waals surface area contributed by atoms with Gasteiger partial charge in [-0.05, 0) is 19.3 Å².